The van der Waals surface area contributed by atoms with Gasteiger partial charge in [0.2, 0.25) is 0 Å². The molecule has 3 aromatic carbocycles. The van der Waals surface area contributed by atoms with Crippen LogP contribution >= 0.6 is 0 Å². The van der Waals surface area contributed by atoms with Crippen LogP contribution in [0.1, 0.15) is 34.7 Å². The molecule has 0 bridgehead atoms. The second-order valence-electron chi connectivity index (χ2n) is 5.82. The Balaban J connectivity index is 1.97. The molecule has 0 heterocycles. The maximum Gasteiger partial charge on any atom is 0.127 e. The van der Waals surface area contributed by atoms with Crippen LogP contribution in [0.5, 0.6) is 0 Å². The van der Waals surface area contributed by atoms with Crippen molar-refractivity contribution in [2.45, 2.75) is 18.0 Å². The van der Waals surface area contributed by atoms with Crippen LogP contribution < -0.4 is 0 Å². The van der Waals surface area contributed by atoms with E-state index in [9.17, 15) is 9.81 Å². The molecule has 4 rings (SSSR count). The number of rotatable bonds is 3. The number of fused-ring (bicyclic) bond motifs is 2. The minimum absolute atomic E-state index is 0.353. The smallest absolute Gasteiger partial charge is 0.127 e. The fourth-order valence-electron chi connectivity index (χ4n) is 3.74. The maximum absolute atomic E-state index is 11.6. The minimum atomic E-state index is -0.584. The number of nitrogens with zero attached hydrogens (tertiary/aromatic N) is 2. The highest BCUT2D eigenvalue weighted by atomic mass is 16.3. The highest BCUT2D eigenvalue weighted by Gasteiger charge is 2.44. The second-order valence-corrected chi connectivity index (χ2v) is 5.82. The standard InChI is InChI=1S/C19H14N2O2/c22-20-18-15-9-3-4-10-16(15)19(21-23)17(18)14-11-5-7-12-6-1-2-8-13(12)14/h1-11,17-19H. The summed E-state index contributed by atoms with van der Waals surface area (Å²) in [5.41, 5.74) is 2.57. The summed E-state index contributed by atoms with van der Waals surface area (Å²) >= 11 is 0. The van der Waals surface area contributed by atoms with E-state index in [1.807, 2.05) is 66.7 Å². The lowest BCUT2D eigenvalue weighted by Gasteiger charge is -2.19. The molecule has 0 spiro atoms. The Morgan fingerprint density at radius 1 is 0.609 bits per heavy atom. The van der Waals surface area contributed by atoms with Gasteiger partial charge in [0.1, 0.15) is 12.1 Å². The normalized spacial score (nSPS) is 22.7. The van der Waals surface area contributed by atoms with Crippen LogP contribution in [0.15, 0.2) is 77.1 Å². The zero-order valence-corrected chi connectivity index (χ0v) is 12.3. The second kappa shape index (κ2) is 5.39. The Kier molecular flexibility index (Phi) is 3.23. The summed E-state index contributed by atoms with van der Waals surface area (Å²) in [7, 11) is 0. The summed E-state index contributed by atoms with van der Waals surface area (Å²) in [5, 5.41) is 8.80. The molecule has 0 N–H and O–H groups in total. The van der Waals surface area contributed by atoms with Crippen molar-refractivity contribution in [2.24, 2.45) is 10.4 Å². The van der Waals surface area contributed by atoms with E-state index in [2.05, 4.69) is 10.4 Å². The van der Waals surface area contributed by atoms with Gasteiger partial charge in [-0.15, -0.1) is 0 Å². The highest BCUT2D eigenvalue weighted by Crippen LogP contribution is 2.54. The van der Waals surface area contributed by atoms with E-state index in [0.717, 1.165) is 27.5 Å². The van der Waals surface area contributed by atoms with Gasteiger partial charge in [0.15, 0.2) is 0 Å². The van der Waals surface area contributed by atoms with Crippen LogP contribution in [0.4, 0.5) is 0 Å². The van der Waals surface area contributed by atoms with Crippen molar-refractivity contribution in [1.82, 2.24) is 0 Å². The van der Waals surface area contributed by atoms with Crippen molar-refractivity contribution < 1.29 is 0 Å². The van der Waals surface area contributed by atoms with Gasteiger partial charge in [-0.1, -0.05) is 77.1 Å². The van der Waals surface area contributed by atoms with Crippen LogP contribution in [0, 0.1) is 9.81 Å². The molecule has 112 valence electrons. The predicted molar refractivity (Wildman–Crippen MR) is 90.2 cm³/mol. The Bertz CT molecular complexity index is 866. The lowest BCUT2D eigenvalue weighted by atomic mass is 9.86. The molecule has 1 aliphatic carbocycles. The van der Waals surface area contributed by atoms with E-state index in [1.165, 1.54) is 0 Å². The molecule has 23 heavy (non-hydrogen) atoms. The van der Waals surface area contributed by atoms with E-state index in [0.29, 0.717) is 0 Å². The summed E-state index contributed by atoms with van der Waals surface area (Å²) in [5.74, 6) is -0.353. The fraction of sp³-hybridized carbons (Fsp3) is 0.158. The largest absolute Gasteiger partial charge is 0.150 e. The average Bonchev–Trinajstić information content (AvgIpc) is 2.94. The Morgan fingerprint density at radius 3 is 1.78 bits per heavy atom. The average molecular weight is 302 g/mol. The molecule has 0 saturated carbocycles. The summed E-state index contributed by atoms with van der Waals surface area (Å²) in [6, 6.07) is 20.2. The molecule has 0 radical (unpaired) electrons. The monoisotopic (exact) mass is 302 g/mol. The van der Waals surface area contributed by atoms with Crippen molar-refractivity contribution in [2.75, 3.05) is 0 Å². The number of benzene rings is 3. The van der Waals surface area contributed by atoms with Crippen molar-refractivity contribution in [1.29, 1.82) is 0 Å². The van der Waals surface area contributed by atoms with Crippen molar-refractivity contribution >= 4 is 10.8 Å². The number of nitroso groups, excluding NO2 is 2. The molecular weight excluding hydrogens is 288 g/mol. The molecule has 0 fully saturated rings. The third kappa shape index (κ3) is 1.99. The molecule has 4 heteroatoms. The maximum atomic E-state index is 11.6. The SMILES string of the molecule is O=NC1c2ccccc2C(N=O)C1c1cccc2ccccc12. The van der Waals surface area contributed by atoms with Crippen LogP contribution in [0.2, 0.25) is 0 Å². The third-order valence-corrected chi connectivity index (χ3v) is 4.72. The van der Waals surface area contributed by atoms with Gasteiger partial charge in [0.05, 0.1) is 0 Å². The van der Waals surface area contributed by atoms with Gasteiger partial charge in [-0.05, 0) is 27.5 Å². The van der Waals surface area contributed by atoms with Crippen molar-refractivity contribution in [3.05, 3.63) is 93.2 Å². The van der Waals surface area contributed by atoms with E-state index in [-0.39, 0.29) is 5.92 Å². The number of hydrogen-bond acceptors (Lipinski definition) is 4. The van der Waals surface area contributed by atoms with Gasteiger partial charge in [-0.3, -0.25) is 0 Å². The van der Waals surface area contributed by atoms with Crippen LogP contribution in [0.25, 0.3) is 10.8 Å². The van der Waals surface area contributed by atoms with E-state index in [4.69, 9.17) is 0 Å². The Labute approximate surface area is 133 Å². The van der Waals surface area contributed by atoms with Gasteiger partial charge in [-0.25, -0.2) is 0 Å². The third-order valence-electron chi connectivity index (χ3n) is 4.72. The van der Waals surface area contributed by atoms with E-state index in [1.54, 1.807) is 0 Å². The molecule has 0 aromatic heterocycles. The summed E-state index contributed by atoms with van der Waals surface area (Å²) in [6.45, 7) is 0. The van der Waals surface area contributed by atoms with Gasteiger partial charge in [0, 0.05) is 5.92 Å². The zero-order valence-electron chi connectivity index (χ0n) is 12.3. The first-order chi connectivity index (χ1) is 11.3. The molecular formula is C19H14N2O2. The van der Waals surface area contributed by atoms with Gasteiger partial charge >= 0.3 is 0 Å². The predicted octanol–water partition coefficient (Wildman–Crippen LogP) is 5.25. The first-order valence-electron chi connectivity index (χ1n) is 7.56. The van der Waals surface area contributed by atoms with Crippen molar-refractivity contribution in [3.8, 4) is 0 Å². The topological polar surface area (TPSA) is 58.9 Å². The highest BCUT2D eigenvalue weighted by molar-refractivity contribution is 5.86. The first-order valence-corrected chi connectivity index (χ1v) is 7.56. The van der Waals surface area contributed by atoms with Gasteiger partial charge in [-0.2, -0.15) is 9.81 Å². The summed E-state index contributed by atoms with van der Waals surface area (Å²) < 4.78 is 0. The van der Waals surface area contributed by atoms with E-state index >= 15 is 0 Å². The van der Waals surface area contributed by atoms with Gasteiger partial charge in [0.25, 0.3) is 0 Å². The molecule has 2 unspecified atom stereocenters. The summed E-state index contributed by atoms with van der Waals surface area (Å²) in [6.07, 6.45) is 0. The van der Waals surface area contributed by atoms with Crippen LogP contribution in [0.3, 0.4) is 0 Å². The van der Waals surface area contributed by atoms with Crippen LogP contribution in [-0.2, 0) is 0 Å². The summed E-state index contributed by atoms with van der Waals surface area (Å²) in [4.78, 5) is 23.1. The van der Waals surface area contributed by atoms with Crippen LogP contribution in [-0.4, -0.2) is 0 Å². The molecule has 0 saturated heterocycles. The molecule has 1 aliphatic rings. The lowest BCUT2D eigenvalue weighted by molar-refractivity contribution is 0.523. The lowest BCUT2D eigenvalue weighted by Crippen LogP contribution is -2.08. The molecule has 0 aliphatic heterocycles. The van der Waals surface area contributed by atoms with Gasteiger partial charge < -0.3 is 0 Å². The molecule has 3 aromatic rings. The quantitative estimate of drug-likeness (QED) is 0.620. The van der Waals surface area contributed by atoms with E-state index < -0.39 is 12.1 Å². The number of hydrogen-bond donors (Lipinski definition) is 0. The Morgan fingerprint density at radius 2 is 1.13 bits per heavy atom. The molecule has 2 atom stereocenters. The van der Waals surface area contributed by atoms with Crippen molar-refractivity contribution in [3.63, 3.8) is 0 Å². The Hall–Kier alpha value is -2.88. The zero-order chi connectivity index (χ0) is 15.8. The first kappa shape index (κ1) is 13.8. The molecule has 4 nitrogen and oxygen atoms in total. The minimum Gasteiger partial charge on any atom is -0.150 e. The fourth-order valence-corrected chi connectivity index (χ4v) is 3.74. The molecule has 0 amide bonds.